The highest BCUT2D eigenvalue weighted by atomic mass is 16.5. The Balaban J connectivity index is 3.35. The van der Waals surface area contributed by atoms with Crippen molar-refractivity contribution in [3.63, 3.8) is 0 Å². The molecule has 32 heavy (non-hydrogen) atoms. The van der Waals surface area contributed by atoms with Gasteiger partial charge in [0.25, 0.3) is 0 Å². The molecule has 0 aliphatic rings. The molecule has 1 unspecified atom stereocenters. The van der Waals surface area contributed by atoms with Crippen molar-refractivity contribution in [1.29, 1.82) is 0 Å². The van der Waals surface area contributed by atoms with Crippen LogP contribution < -0.4 is 0 Å². The van der Waals surface area contributed by atoms with Gasteiger partial charge in [-0.3, -0.25) is 9.59 Å². The lowest BCUT2D eigenvalue weighted by molar-refractivity contribution is -0.151. The third-order valence-corrected chi connectivity index (χ3v) is 6.20. The van der Waals surface area contributed by atoms with Crippen molar-refractivity contribution >= 4 is 11.9 Å². The Morgan fingerprint density at radius 2 is 1.03 bits per heavy atom. The Hall–Kier alpha value is -1.06. The summed E-state index contributed by atoms with van der Waals surface area (Å²) in [6.45, 7) is 9.09. The number of rotatable bonds is 23. The Morgan fingerprint density at radius 1 is 0.594 bits per heavy atom. The molecule has 0 saturated heterocycles. The van der Waals surface area contributed by atoms with Gasteiger partial charge in [-0.25, -0.2) is 0 Å². The predicted molar refractivity (Wildman–Crippen MR) is 135 cm³/mol. The number of unbranched alkanes of at least 4 members (excludes halogenated alkanes) is 14. The second-order valence-electron chi connectivity index (χ2n) is 9.70. The van der Waals surface area contributed by atoms with Crippen LogP contribution in [-0.2, 0) is 19.1 Å². The lowest BCUT2D eigenvalue weighted by atomic mass is 10.1. The van der Waals surface area contributed by atoms with Crippen LogP contribution in [0.3, 0.4) is 0 Å². The van der Waals surface area contributed by atoms with Crippen LogP contribution in [0.2, 0.25) is 0 Å². The predicted octanol–water partition coefficient (Wildman–Crippen LogP) is 8.55. The average Bonchev–Trinajstić information content (AvgIpc) is 2.77. The van der Waals surface area contributed by atoms with Gasteiger partial charge < -0.3 is 9.47 Å². The molecule has 1 atom stereocenters. The van der Waals surface area contributed by atoms with Crippen LogP contribution in [0.15, 0.2) is 0 Å². The topological polar surface area (TPSA) is 52.6 Å². The van der Waals surface area contributed by atoms with Crippen LogP contribution in [0.1, 0.15) is 150 Å². The zero-order valence-corrected chi connectivity index (χ0v) is 21.9. The molecule has 0 radical (unpaired) electrons. The fourth-order valence-corrected chi connectivity index (χ4v) is 4.01. The molecular formula is C28H54O4. The molecule has 0 aromatic rings. The van der Waals surface area contributed by atoms with Gasteiger partial charge in [0.15, 0.2) is 0 Å². The lowest BCUT2D eigenvalue weighted by Crippen LogP contribution is -2.22. The van der Waals surface area contributed by atoms with E-state index in [1.165, 1.54) is 57.8 Å². The molecule has 0 aliphatic heterocycles. The fourth-order valence-electron chi connectivity index (χ4n) is 4.01. The normalized spacial score (nSPS) is 12.2. The summed E-state index contributed by atoms with van der Waals surface area (Å²) in [5, 5.41) is 0. The van der Waals surface area contributed by atoms with E-state index in [4.69, 9.17) is 9.47 Å². The van der Waals surface area contributed by atoms with E-state index < -0.39 is 0 Å². The Morgan fingerprint density at radius 3 is 1.50 bits per heavy atom. The van der Waals surface area contributed by atoms with E-state index in [2.05, 4.69) is 27.7 Å². The van der Waals surface area contributed by atoms with Crippen molar-refractivity contribution in [3.8, 4) is 0 Å². The number of esters is 2. The minimum absolute atomic E-state index is 0.0423. The van der Waals surface area contributed by atoms with E-state index in [1.54, 1.807) is 0 Å². The monoisotopic (exact) mass is 454 g/mol. The first-order chi connectivity index (χ1) is 15.5. The van der Waals surface area contributed by atoms with Gasteiger partial charge in [-0.2, -0.15) is 0 Å². The second kappa shape index (κ2) is 23.1. The summed E-state index contributed by atoms with van der Waals surface area (Å²) >= 11 is 0. The molecule has 0 fully saturated rings. The standard InChI is InChI=1S/C28H54O4/c1-5-7-8-9-10-11-12-15-18-21-24-31-27(29)22-19-16-13-14-17-20-23-28(30)32-26(6-2)25(3)4/h25-26H,5-24H2,1-4H3. The zero-order chi connectivity index (χ0) is 23.9. The third-order valence-electron chi connectivity index (χ3n) is 6.20. The maximum Gasteiger partial charge on any atom is 0.306 e. The molecule has 0 aromatic carbocycles. The highest BCUT2D eigenvalue weighted by Crippen LogP contribution is 2.14. The van der Waals surface area contributed by atoms with Crippen LogP contribution in [0.25, 0.3) is 0 Å². The van der Waals surface area contributed by atoms with Gasteiger partial charge in [-0.15, -0.1) is 0 Å². The highest BCUT2D eigenvalue weighted by molar-refractivity contribution is 5.69. The van der Waals surface area contributed by atoms with Crippen molar-refractivity contribution in [3.05, 3.63) is 0 Å². The highest BCUT2D eigenvalue weighted by Gasteiger charge is 2.15. The van der Waals surface area contributed by atoms with Crippen molar-refractivity contribution in [2.24, 2.45) is 5.92 Å². The Kier molecular flexibility index (Phi) is 22.3. The third kappa shape index (κ3) is 20.8. The first-order valence-electron chi connectivity index (χ1n) is 13.9. The summed E-state index contributed by atoms with van der Waals surface area (Å²) in [5.41, 5.74) is 0. The van der Waals surface area contributed by atoms with Gasteiger partial charge in [-0.1, -0.05) is 111 Å². The van der Waals surface area contributed by atoms with Crippen molar-refractivity contribution in [1.82, 2.24) is 0 Å². The van der Waals surface area contributed by atoms with E-state index in [-0.39, 0.29) is 18.0 Å². The fraction of sp³-hybridized carbons (Fsp3) is 0.929. The summed E-state index contributed by atoms with van der Waals surface area (Å²) < 4.78 is 10.9. The molecule has 4 heteroatoms. The van der Waals surface area contributed by atoms with Gasteiger partial charge in [0, 0.05) is 12.8 Å². The molecule has 0 saturated carbocycles. The van der Waals surface area contributed by atoms with Crippen molar-refractivity contribution in [2.45, 2.75) is 156 Å². The summed E-state index contributed by atoms with van der Waals surface area (Å²) in [4.78, 5) is 23.7. The van der Waals surface area contributed by atoms with Crippen molar-refractivity contribution < 1.29 is 19.1 Å². The van der Waals surface area contributed by atoms with Crippen LogP contribution in [-0.4, -0.2) is 24.6 Å². The first kappa shape index (κ1) is 30.9. The first-order valence-corrected chi connectivity index (χ1v) is 13.9. The molecule has 0 rings (SSSR count). The minimum Gasteiger partial charge on any atom is -0.466 e. The van der Waals surface area contributed by atoms with Gasteiger partial charge >= 0.3 is 11.9 Å². The summed E-state index contributed by atoms with van der Waals surface area (Å²) in [6, 6.07) is 0. The summed E-state index contributed by atoms with van der Waals surface area (Å²) in [7, 11) is 0. The summed E-state index contributed by atoms with van der Waals surface area (Å²) in [5.74, 6) is 0.278. The van der Waals surface area contributed by atoms with Gasteiger partial charge in [0.05, 0.1) is 6.61 Å². The number of hydrogen-bond donors (Lipinski definition) is 0. The van der Waals surface area contributed by atoms with E-state index in [9.17, 15) is 9.59 Å². The van der Waals surface area contributed by atoms with Gasteiger partial charge in [0.1, 0.15) is 6.10 Å². The molecule has 4 nitrogen and oxygen atoms in total. The van der Waals surface area contributed by atoms with Gasteiger partial charge in [-0.05, 0) is 31.6 Å². The molecular weight excluding hydrogens is 400 g/mol. The number of ether oxygens (including phenoxy) is 2. The molecule has 190 valence electrons. The quantitative estimate of drug-likeness (QED) is 0.115. The van der Waals surface area contributed by atoms with Crippen LogP contribution in [0.4, 0.5) is 0 Å². The van der Waals surface area contributed by atoms with E-state index in [1.807, 2.05) is 0 Å². The molecule has 0 aliphatic carbocycles. The average molecular weight is 455 g/mol. The number of hydrogen-bond acceptors (Lipinski definition) is 4. The van der Waals surface area contributed by atoms with Crippen LogP contribution >= 0.6 is 0 Å². The van der Waals surface area contributed by atoms with Crippen LogP contribution in [0, 0.1) is 5.92 Å². The number of carbonyl (C=O) groups is 2. The minimum atomic E-state index is -0.0595. The van der Waals surface area contributed by atoms with E-state index in [0.29, 0.717) is 25.4 Å². The SMILES string of the molecule is CCCCCCCCCCCCOC(=O)CCCCCCCCC(=O)OC(CC)C(C)C. The maximum absolute atomic E-state index is 11.9. The smallest absolute Gasteiger partial charge is 0.306 e. The Labute approximate surface area is 199 Å². The Bertz CT molecular complexity index is 433. The molecule has 0 amide bonds. The summed E-state index contributed by atoms with van der Waals surface area (Å²) in [6.07, 6.45) is 21.1. The molecule has 0 heterocycles. The largest absolute Gasteiger partial charge is 0.466 e. The van der Waals surface area contributed by atoms with Crippen LogP contribution in [0.5, 0.6) is 0 Å². The number of carbonyl (C=O) groups excluding carboxylic acids is 2. The van der Waals surface area contributed by atoms with E-state index in [0.717, 1.165) is 51.4 Å². The second-order valence-corrected chi connectivity index (χ2v) is 9.70. The van der Waals surface area contributed by atoms with E-state index >= 15 is 0 Å². The van der Waals surface area contributed by atoms with Gasteiger partial charge in [0.2, 0.25) is 0 Å². The molecule has 0 bridgehead atoms. The molecule has 0 N–H and O–H groups in total. The zero-order valence-electron chi connectivity index (χ0n) is 21.9. The lowest BCUT2D eigenvalue weighted by Gasteiger charge is -2.19. The maximum atomic E-state index is 11.9. The van der Waals surface area contributed by atoms with Crippen molar-refractivity contribution in [2.75, 3.05) is 6.61 Å². The molecule has 0 aromatic heterocycles. The molecule has 0 spiro atoms.